The maximum absolute atomic E-state index is 12.3. The summed E-state index contributed by atoms with van der Waals surface area (Å²) in [5, 5.41) is 2.79. The van der Waals surface area contributed by atoms with E-state index in [0.29, 0.717) is 23.9 Å². The van der Waals surface area contributed by atoms with Crippen molar-refractivity contribution in [2.24, 2.45) is 0 Å². The van der Waals surface area contributed by atoms with Crippen LogP contribution in [0.3, 0.4) is 0 Å². The third kappa shape index (κ3) is 5.37. The molecular formula is C21H22N2O3S. The third-order valence-corrected chi connectivity index (χ3v) is 5.29. The number of oxazole rings is 1. The molecule has 0 aliphatic heterocycles. The minimum Gasteiger partial charge on any atom is -0.441 e. The van der Waals surface area contributed by atoms with Gasteiger partial charge in [-0.1, -0.05) is 48.0 Å². The molecule has 0 radical (unpaired) electrons. The molecule has 1 atom stereocenters. The van der Waals surface area contributed by atoms with Crippen LogP contribution >= 0.6 is 0 Å². The van der Waals surface area contributed by atoms with Crippen molar-refractivity contribution in [1.82, 2.24) is 10.3 Å². The Balaban J connectivity index is 1.56. The standard InChI is InChI=1S/C21H22N2O3S/c1-15-8-10-18(11-9-15)21-23-19(16(2)26-21)13-27(25)14-20(24)22-12-17-6-4-3-5-7-17/h3-11H,12-14H2,1-2H3,(H,22,24)/t27-/m1/s1. The average molecular weight is 382 g/mol. The second-order valence-corrected chi connectivity index (χ2v) is 7.84. The lowest BCUT2D eigenvalue weighted by Crippen LogP contribution is -2.28. The first-order valence-corrected chi connectivity index (χ1v) is 10.2. The van der Waals surface area contributed by atoms with Gasteiger partial charge in [0.1, 0.15) is 11.5 Å². The van der Waals surface area contributed by atoms with E-state index in [1.165, 1.54) is 0 Å². The zero-order valence-corrected chi connectivity index (χ0v) is 16.2. The number of aryl methyl sites for hydroxylation is 2. The minimum atomic E-state index is -1.35. The van der Waals surface area contributed by atoms with Crippen molar-refractivity contribution in [1.29, 1.82) is 0 Å². The molecule has 5 nitrogen and oxygen atoms in total. The summed E-state index contributed by atoms with van der Waals surface area (Å²) in [5.74, 6) is 1.03. The van der Waals surface area contributed by atoms with E-state index in [4.69, 9.17) is 4.42 Å². The zero-order valence-electron chi connectivity index (χ0n) is 15.4. The Morgan fingerprint density at radius 1 is 1.07 bits per heavy atom. The molecule has 0 spiro atoms. The molecule has 0 bridgehead atoms. The molecule has 0 saturated carbocycles. The number of nitrogens with zero attached hydrogens (tertiary/aromatic N) is 1. The van der Waals surface area contributed by atoms with Gasteiger partial charge >= 0.3 is 0 Å². The summed E-state index contributed by atoms with van der Waals surface area (Å²) < 4.78 is 18.1. The highest BCUT2D eigenvalue weighted by Gasteiger charge is 2.16. The SMILES string of the molecule is Cc1ccc(-c2nc(C[S@@](=O)CC(=O)NCc3ccccc3)c(C)o2)cc1. The van der Waals surface area contributed by atoms with Crippen molar-refractivity contribution in [2.45, 2.75) is 26.1 Å². The van der Waals surface area contributed by atoms with Crippen LogP contribution < -0.4 is 5.32 Å². The Bertz CT molecular complexity index is 934. The molecule has 1 heterocycles. The number of nitrogens with one attached hydrogen (secondary N) is 1. The lowest BCUT2D eigenvalue weighted by molar-refractivity contribution is -0.118. The van der Waals surface area contributed by atoms with Crippen LogP contribution in [-0.2, 0) is 27.9 Å². The highest BCUT2D eigenvalue weighted by atomic mass is 32.2. The first kappa shape index (κ1) is 19.0. The molecule has 1 N–H and O–H groups in total. The summed E-state index contributed by atoms with van der Waals surface area (Å²) in [4.78, 5) is 16.5. The summed E-state index contributed by atoms with van der Waals surface area (Å²) in [7, 11) is -1.35. The monoisotopic (exact) mass is 382 g/mol. The molecule has 1 amide bonds. The molecular weight excluding hydrogens is 360 g/mol. The van der Waals surface area contributed by atoms with Crippen LogP contribution in [0.25, 0.3) is 11.5 Å². The number of carbonyl (C=O) groups excluding carboxylic acids is 1. The van der Waals surface area contributed by atoms with Crippen molar-refractivity contribution in [3.63, 3.8) is 0 Å². The van der Waals surface area contributed by atoms with Crippen molar-refractivity contribution < 1.29 is 13.4 Å². The molecule has 1 aromatic heterocycles. The largest absolute Gasteiger partial charge is 0.441 e. The van der Waals surface area contributed by atoms with E-state index in [9.17, 15) is 9.00 Å². The normalized spacial score (nSPS) is 11.9. The molecule has 0 fully saturated rings. The summed E-state index contributed by atoms with van der Waals surface area (Å²) >= 11 is 0. The van der Waals surface area contributed by atoms with Gasteiger partial charge in [-0.05, 0) is 31.5 Å². The van der Waals surface area contributed by atoms with Gasteiger partial charge in [0.05, 0.1) is 11.4 Å². The minimum absolute atomic E-state index is 0.0565. The third-order valence-electron chi connectivity index (χ3n) is 4.11. The maximum Gasteiger partial charge on any atom is 0.232 e. The zero-order chi connectivity index (χ0) is 19.2. The van der Waals surface area contributed by atoms with Crippen molar-refractivity contribution in [3.05, 3.63) is 77.2 Å². The summed E-state index contributed by atoms with van der Waals surface area (Å²) in [5.41, 5.74) is 3.66. The number of benzene rings is 2. The number of aromatic nitrogens is 1. The lowest BCUT2D eigenvalue weighted by Gasteiger charge is -2.05. The van der Waals surface area contributed by atoms with Gasteiger partial charge < -0.3 is 9.73 Å². The van der Waals surface area contributed by atoms with E-state index >= 15 is 0 Å². The number of hydrogen-bond acceptors (Lipinski definition) is 4. The lowest BCUT2D eigenvalue weighted by atomic mass is 10.1. The second kappa shape index (κ2) is 8.77. The molecule has 6 heteroatoms. The van der Waals surface area contributed by atoms with Crippen LogP contribution in [0.15, 0.2) is 59.0 Å². The first-order valence-electron chi connectivity index (χ1n) is 8.70. The molecule has 2 aromatic carbocycles. The van der Waals surface area contributed by atoms with Gasteiger partial charge in [0.25, 0.3) is 0 Å². The van der Waals surface area contributed by atoms with Crippen LogP contribution in [-0.4, -0.2) is 20.9 Å². The van der Waals surface area contributed by atoms with Gasteiger partial charge in [0.15, 0.2) is 0 Å². The van der Waals surface area contributed by atoms with Gasteiger partial charge in [-0.15, -0.1) is 0 Å². The van der Waals surface area contributed by atoms with Crippen molar-refractivity contribution >= 4 is 16.7 Å². The van der Waals surface area contributed by atoms with Crippen LogP contribution in [0.2, 0.25) is 0 Å². The van der Waals surface area contributed by atoms with E-state index in [1.54, 1.807) is 6.92 Å². The molecule has 3 rings (SSSR count). The summed E-state index contributed by atoms with van der Waals surface area (Å²) in [6, 6.07) is 17.5. The molecule has 27 heavy (non-hydrogen) atoms. The Labute approximate surface area is 161 Å². The molecule has 0 aliphatic rings. The predicted octanol–water partition coefficient (Wildman–Crippen LogP) is 3.52. The van der Waals surface area contributed by atoms with E-state index in [2.05, 4.69) is 10.3 Å². The van der Waals surface area contributed by atoms with Crippen LogP contribution in [0.4, 0.5) is 0 Å². The van der Waals surface area contributed by atoms with Gasteiger partial charge in [0.2, 0.25) is 11.8 Å². The average Bonchev–Trinajstić information content (AvgIpc) is 3.02. The Kier molecular flexibility index (Phi) is 6.19. The highest BCUT2D eigenvalue weighted by molar-refractivity contribution is 7.84. The molecule has 0 saturated heterocycles. The number of carbonyl (C=O) groups is 1. The Morgan fingerprint density at radius 3 is 2.48 bits per heavy atom. The van der Waals surface area contributed by atoms with Gasteiger partial charge in [-0.25, -0.2) is 4.98 Å². The quantitative estimate of drug-likeness (QED) is 0.679. The van der Waals surface area contributed by atoms with Crippen molar-refractivity contribution in [3.8, 4) is 11.5 Å². The topological polar surface area (TPSA) is 72.2 Å². The highest BCUT2D eigenvalue weighted by Crippen LogP contribution is 2.22. The van der Waals surface area contributed by atoms with E-state index in [0.717, 1.165) is 16.7 Å². The van der Waals surface area contributed by atoms with Crippen LogP contribution in [0, 0.1) is 13.8 Å². The molecule has 3 aromatic rings. The van der Waals surface area contributed by atoms with Crippen LogP contribution in [0.5, 0.6) is 0 Å². The summed E-state index contributed by atoms with van der Waals surface area (Å²) in [6.45, 7) is 4.24. The maximum atomic E-state index is 12.3. The number of hydrogen-bond donors (Lipinski definition) is 1. The smallest absolute Gasteiger partial charge is 0.232 e. The number of amides is 1. The first-order chi connectivity index (χ1) is 13.0. The molecule has 0 aliphatic carbocycles. The summed E-state index contributed by atoms with van der Waals surface area (Å²) in [6.07, 6.45) is 0. The Morgan fingerprint density at radius 2 is 1.78 bits per heavy atom. The number of rotatable bonds is 7. The van der Waals surface area contributed by atoms with E-state index < -0.39 is 10.8 Å². The van der Waals surface area contributed by atoms with Crippen LogP contribution in [0.1, 0.15) is 22.6 Å². The fraction of sp³-hybridized carbons (Fsp3) is 0.238. The second-order valence-electron chi connectivity index (χ2n) is 6.38. The fourth-order valence-corrected chi connectivity index (χ4v) is 3.65. The van der Waals surface area contributed by atoms with E-state index in [-0.39, 0.29) is 17.4 Å². The predicted molar refractivity (Wildman–Crippen MR) is 106 cm³/mol. The molecule has 140 valence electrons. The van der Waals surface area contributed by atoms with Gasteiger partial charge in [0, 0.05) is 22.9 Å². The van der Waals surface area contributed by atoms with E-state index in [1.807, 2.05) is 61.5 Å². The Hall–Kier alpha value is -2.73. The van der Waals surface area contributed by atoms with Crippen molar-refractivity contribution in [2.75, 3.05) is 5.75 Å². The van der Waals surface area contributed by atoms with Gasteiger partial charge in [-0.2, -0.15) is 0 Å². The fourth-order valence-electron chi connectivity index (χ4n) is 2.58. The molecule has 0 unspecified atom stereocenters. The van der Waals surface area contributed by atoms with Gasteiger partial charge in [-0.3, -0.25) is 9.00 Å².